The first-order valence-electron chi connectivity index (χ1n) is 12.2. The maximum absolute atomic E-state index is 12.1. The number of para-hydroxylation sites is 2. The summed E-state index contributed by atoms with van der Waals surface area (Å²) in [6, 6.07) is 20.6. The molecule has 2 aromatic heterocycles. The van der Waals surface area contributed by atoms with Crippen LogP contribution in [0.25, 0.3) is 5.69 Å². The van der Waals surface area contributed by atoms with Gasteiger partial charge in [0.05, 0.1) is 39.7 Å². The van der Waals surface area contributed by atoms with Crippen molar-refractivity contribution < 1.29 is 9.66 Å². The number of nitro groups is 1. The number of fused-ring (bicyclic) bond motifs is 1. The van der Waals surface area contributed by atoms with Crippen LogP contribution in [0, 0.1) is 17.0 Å². The molecule has 10 nitrogen and oxygen atoms in total. The van der Waals surface area contributed by atoms with Crippen LogP contribution < -0.4 is 5.30 Å². The molecule has 0 amide bonds. The summed E-state index contributed by atoms with van der Waals surface area (Å²) in [5, 5.41) is 19.9. The van der Waals surface area contributed by atoms with Crippen molar-refractivity contribution in [2.24, 2.45) is 9.74 Å². The zero-order valence-corrected chi connectivity index (χ0v) is 22.7. The van der Waals surface area contributed by atoms with Gasteiger partial charge in [0.25, 0.3) is 5.69 Å². The van der Waals surface area contributed by atoms with Gasteiger partial charge in [-0.2, -0.15) is 5.10 Å². The summed E-state index contributed by atoms with van der Waals surface area (Å²) < 4.78 is 17.5. The number of morpholine rings is 1. The number of rotatable bonds is 5. The lowest BCUT2D eigenvalue weighted by atomic mass is 10.3. The second kappa shape index (κ2) is 9.92. The zero-order valence-electron chi connectivity index (χ0n) is 21.0. The second-order valence-electron chi connectivity index (χ2n) is 8.92. The molecule has 0 radical (unpaired) electrons. The molecule has 0 aliphatic carbocycles. The van der Waals surface area contributed by atoms with Crippen LogP contribution >= 0.6 is 18.7 Å². The molecule has 194 valence electrons. The van der Waals surface area contributed by atoms with Gasteiger partial charge in [-0.15, -0.1) is 11.3 Å². The molecule has 0 bridgehead atoms. The number of aromatic nitrogens is 2. The topological polar surface area (TPSA) is 101 Å². The Hall–Kier alpha value is -3.63. The maximum atomic E-state index is 12.1. The van der Waals surface area contributed by atoms with Gasteiger partial charge in [-0.25, -0.2) is 19.1 Å². The highest BCUT2D eigenvalue weighted by Crippen LogP contribution is 2.62. The number of aryl methyl sites for hydroxylation is 1. The first-order chi connectivity index (χ1) is 18.5. The molecule has 1 saturated heterocycles. The Morgan fingerprint density at radius 3 is 2.50 bits per heavy atom. The van der Waals surface area contributed by atoms with Gasteiger partial charge in [-0.3, -0.25) is 10.1 Å². The van der Waals surface area contributed by atoms with Crippen LogP contribution in [0.2, 0.25) is 0 Å². The van der Waals surface area contributed by atoms with Crippen molar-refractivity contribution in [3.8, 4) is 5.69 Å². The second-order valence-corrected chi connectivity index (χ2v) is 12.8. The summed E-state index contributed by atoms with van der Waals surface area (Å²) >= 11 is 1.60. The summed E-state index contributed by atoms with van der Waals surface area (Å²) in [4.78, 5) is 17.9. The predicted molar refractivity (Wildman–Crippen MR) is 151 cm³/mol. The molecular formula is C26H26N7O3PS. The van der Waals surface area contributed by atoms with Gasteiger partial charge in [-0.05, 0) is 36.6 Å². The summed E-state index contributed by atoms with van der Waals surface area (Å²) in [7, 11) is -0.868. The van der Waals surface area contributed by atoms with E-state index in [0.717, 1.165) is 27.4 Å². The summed E-state index contributed by atoms with van der Waals surface area (Å²) in [6.07, 6.45) is 0. The molecule has 0 unspecified atom stereocenters. The highest BCUT2D eigenvalue weighted by Gasteiger charge is 2.46. The normalized spacial score (nSPS) is 19.6. The van der Waals surface area contributed by atoms with E-state index < -0.39 is 7.36 Å². The third kappa shape index (κ3) is 3.99. The standard InChI is InChI=1S/C26H26N7O3PS/c1-19-24-26(32(28-19)20-9-4-3-5-10-20)27-25(23-13-8-18-38-23)30(2)37(24,31-14-16-36-17-15-31)29-21-11-6-7-12-22(21)33(34)35/h3-13,18H,14-17H2,1-2H3/t37-/m1/s1. The van der Waals surface area contributed by atoms with E-state index in [1.165, 1.54) is 6.07 Å². The maximum Gasteiger partial charge on any atom is 0.294 e. The number of benzene rings is 2. The van der Waals surface area contributed by atoms with Gasteiger partial charge in [0.2, 0.25) is 0 Å². The van der Waals surface area contributed by atoms with Crippen LogP contribution in [0.5, 0.6) is 0 Å². The van der Waals surface area contributed by atoms with Crippen molar-refractivity contribution in [3.05, 3.63) is 92.8 Å². The van der Waals surface area contributed by atoms with Crippen molar-refractivity contribution in [3.63, 3.8) is 0 Å². The Morgan fingerprint density at radius 2 is 1.79 bits per heavy atom. The summed E-state index contributed by atoms with van der Waals surface area (Å²) in [6.45, 7) is 4.34. The fraction of sp³-hybridized carbons (Fsp3) is 0.231. The lowest BCUT2D eigenvalue weighted by molar-refractivity contribution is -0.384. The zero-order chi connectivity index (χ0) is 26.3. The van der Waals surface area contributed by atoms with Crippen LogP contribution in [-0.4, -0.2) is 63.2 Å². The number of ether oxygens (including phenoxy) is 1. The van der Waals surface area contributed by atoms with Gasteiger partial charge in [0, 0.05) is 26.2 Å². The van der Waals surface area contributed by atoms with Gasteiger partial charge in [0.15, 0.2) is 19.0 Å². The molecule has 1 fully saturated rings. The van der Waals surface area contributed by atoms with Gasteiger partial charge in [-0.1, -0.05) is 36.4 Å². The van der Waals surface area contributed by atoms with E-state index in [1.807, 2.05) is 66.5 Å². The van der Waals surface area contributed by atoms with E-state index in [2.05, 4.69) is 9.34 Å². The number of hydrogen-bond acceptors (Lipinski definition) is 7. The van der Waals surface area contributed by atoms with Crippen molar-refractivity contribution in [2.45, 2.75) is 6.92 Å². The predicted octanol–water partition coefficient (Wildman–Crippen LogP) is 5.49. The summed E-state index contributed by atoms with van der Waals surface area (Å²) in [5.74, 6) is 1.48. The summed E-state index contributed by atoms with van der Waals surface area (Å²) in [5.41, 5.74) is 2.01. The lowest BCUT2D eigenvalue weighted by Crippen LogP contribution is -2.45. The first-order valence-corrected chi connectivity index (χ1v) is 14.7. The number of amidine groups is 1. The molecule has 1 atom stereocenters. The number of hydrogen-bond donors (Lipinski definition) is 0. The molecule has 38 heavy (non-hydrogen) atoms. The largest absolute Gasteiger partial charge is 0.379 e. The van der Waals surface area contributed by atoms with E-state index in [1.54, 1.807) is 29.5 Å². The van der Waals surface area contributed by atoms with E-state index in [-0.39, 0.29) is 10.6 Å². The fourth-order valence-corrected chi connectivity index (χ4v) is 9.62. The number of aliphatic imine (C=N–C) groups is 1. The van der Waals surface area contributed by atoms with E-state index in [4.69, 9.17) is 19.6 Å². The van der Waals surface area contributed by atoms with Gasteiger partial charge in [0.1, 0.15) is 5.69 Å². The van der Waals surface area contributed by atoms with Crippen molar-refractivity contribution >= 4 is 47.0 Å². The fourth-order valence-electron chi connectivity index (χ4n) is 4.98. The van der Waals surface area contributed by atoms with E-state index >= 15 is 0 Å². The average Bonchev–Trinajstić information content (AvgIpc) is 3.60. The van der Waals surface area contributed by atoms with E-state index in [0.29, 0.717) is 37.8 Å². The average molecular weight is 548 g/mol. The number of thiophene rings is 1. The molecular weight excluding hydrogens is 521 g/mol. The molecule has 0 spiro atoms. The molecule has 2 aliphatic rings. The Bertz CT molecular complexity index is 1580. The van der Waals surface area contributed by atoms with Gasteiger partial charge >= 0.3 is 0 Å². The monoisotopic (exact) mass is 547 g/mol. The molecule has 12 heteroatoms. The van der Waals surface area contributed by atoms with Crippen LogP contribution in [0.4, 0.5) is 17.2 Å². The van der Waals surface area contributed by atoms with Crippen molar-refractivity contribution in [2.75, 3.05) is 33.4 Å². The van der Waals surface area contributed by atoms with Crippen LogP contribution in [0.1, 0.15) is 10.6 Å². The van der Waals surface area contributed by atoms with Crippen molar-refractivity contribution in [1.82, 2.24) is 19.1 Å². The molecule has 6 rings (SSSR count). The molecule has 4 heterocycles. The van der Waals surface area contributed by atoms with Crippen LogP contribution in [0.15, 0.2) is 81.8 Å². The van der Waals surface area contributed by atoms with Crippen molar-refractivity contribution in [1.29, 1.82) is 0 Å². The quantitative estimate of drug-likeness (QED) is 0.186. The Labute approximate surface area is 224 Å². The van der Waals surface area contributed by atoms with Crippen LogP contribution in [-0.2, 0) is 4.74 Å². The third-order valence-electron chi connectivity index (χ3n) is 6.69. The minimum atomic E-state index is -2.87. The highest BCUT2D eigenvalue weighted by molar-refractivity contribution is 7.70. The Balaban J connectivity index is 1.73. The van der Waals surface area contributed by atoms with Crippen LogP contribution in [0.3, 0.4) is 0 Å². The molecule has 0 saturated carbocycles. The minimum Gasteiger partial charge on any atom is -0.379 e. The third-order valence-corrected chi connectivity index (χ3v) is 11.4. The SMILES string of the molecule is Cc1nn(-c2ccccc2)c2c1[P@](=Nc1ccccc1[N+](=O)[O-])(N1CCOCC1)N(C)C(c1cccs1)=N2. The number of nitro benzene ring substituents is 1. The van der Waals surface area contributed by atoms with Gasteiger partial charge < -0.3 is 9.41 Å². The minimum absolute atomic E-state index is 0.0247. The first kappa shape index (κ1) is 24.7. The van der Waals surface area contributed by atoms with E-state index in [9.17, 15) is 10.1 Å². The number of nitrogens with zero attached hydrogens (tertiary/aromatic N) is 7. The molecule has 0 N–H and O–H groups in total. The Morgan fingerprint density at radius 1 is 1.05 bits per heavy atom. The Kier molecular flexibility index (Phi) is 6.45. The lowest BCUT2D eigenvalue weighted by Gasteiger charge is -2.46. The smallest absolute Gasteiger partial charge is 0.294 e. The highest BCUT2D eigenvalue weighted by atomic mass is 32.1. The molecule has 4 aromatic rings. The molecule has 2 aliphatic heterocycles. The molecule has 2 aromatic carbocycles.